The van der Waals surface area contributed by atoms with Crippen LogP contribution in [0.25, 0.3) is 0 Å². The minimum absolute atomic E-state index is 0.121. The van der Waals surface area contributed by atoms with E-state index in [-0.39, 0.29) is 5.91 Å². The number of hydrogen-bond donors (Lipinski definition) is 0. The van der Waals surface area contributed by atoms with E-state index in [2.05, 4.69) is 15.4 Å². The van der Waals surface area contributed by atoms with Crippen LogP contribution in [0.15, 0.2) is 14.9 Å². The highest BCUT2D eigenvalue weighted by molar-refractivity contribution is 8.00. The zero-order chi connectivity index (χ0) is 14.8. The molecule has 0 N–H and O–H groups in total. The zero-order valence-electron chi connectivity index (χ0n) is 11.9. The first kappa shape index (κ1) is 14.5. The van der Waals surface area contributed by atoms with Crippen LogP contribution in [0.3, 0.4) is 0 Å². The van der Waals surface area contributed by atoms with Crippen LogP contribution < -0.4 is 4.90 Å². The molecule has 2 aromatic heterocycles. The minimum Gasteiger partial charge on any atom is -0.360 e. The lowest BCUT2D eigenvalue weighted by Crippen LogP contribution is -2.32. The fourth-order valence-electron chi connectivity index (χ4n) is 1.94. The lowest BCUT2D eigenvalue weighted by atomic mass is 10.4. The van der Waals surface area contributed by atoms with Gasteiger partial charge in [0.15, 0.2) is 4.34 Å². The predicted octanol–water partition coefficient (Wildman–Crippen LogP) is 3.03. The van der Waals surface area contributed by atoms with Gasteiger partial charge in [0.2, 0.25) is 11.0 Å². The summed E-state index contributed by atoms with van der Waals surface area (Å²) in [6.07, 6.45) is 2.62. The maximum Gasteiger partial charge on any atom is 0.228 e. The lowest BCUT2D eigenvalue weighted by Gasteiger charge is -2.17. The van der Waals surface area contributed by atoms with Crippen LogP contribution in [0.2, 0.25) is 0 Å². The molecule has 8 heteroatoms. The highest BCUT2D eigenvalue weighted by Gasteiger charge is 2.35. The summed E-state index contributed by atoms with van der Waals surface area (Å²) < 4.78 is 6.01. The summed E-state index contributed by atoms with van der Waals surface area (Å²) in [5, 5.41) is 12.9. The van der Waals surface area contributed by atoms with E-state index < -0.39 is 0 Å². The maximum atomic E-state index is 12.0. The third-order valence-corrected chi connectivity index (χ3v) is 5.18. The van der Waals surface area contributed by atoms with Crippen molar-refractivity contribution < 1.29 is 9.32 Å². The molecule has 0 radical (unpaired) electrons. The summed E-state index contributed by atoms with van der Waals surface area (Å²) in [6.45, 7) is 3.77. The Labute approximate surface area is 130 Å². The summed E-state index contributed by atoms with van der Waals surface area (Å²) in [7, 11) is 0. The maximum absolute atomic E-state index is 12.0. The minimum atomic E-state index is 0.121. The lowest BCUT2D eigenvalue weighted by molar-refractivity contribution is -0.118. The van der Waals surface area contributed by atoms with Gasteiger partial charge in [0, 0.05) is 18.5 Å². The molecule has 2 heterocycles. The molecule has 0 unspecified atom stereocenters. The van der Waals surface area contributed by atoms with Crippen molar-refractivity contribution in [2.45, 2.75) is 49.2 Å². The van der Waals surface area contributed by atoms with Gasteiger partial charge in [-0.15, -0.1) is 10.2 Å². The number of anilines is 1. The molecule has 1 saturated carbocycles. The molecule has 0 saturated heterocycles. The average Bonchev–Trinajstić information content (AvgIpc) is 3.04. The van der Waals surface area contributed by atoms with Crippen molar-refractivity contribution in [1.82, 2.24) is 15.4 Å². The van der Waals surface area contributed by atoms with E-state index >= 15 is 0 Å². The Kier molecular flexibility index (Phi) is 4.25. The van der Waals surface area contributed by atoms with Crippen molar-refractivity contribution in [3.63, 3.8) is 0 Å². The molecule has 0 aromatic carbocycles. The third-order valence-electron chi connectivity index (χ3n) is 3.10. The topological polar surface area (TPSA) is 72.1 Å². The van der Waals surface area contributed by atoms with Crippen LogP contribution in [0.1, 0.15) is 37.6 Å². The zero-order valence-corrected chi connectivity index (χ0v) is 13.5. The first-order valence-electron chi connectivity index (χ1n) is 6.88. The molecule has 112 valence electrons. The van der Waals surface area contributed by atoms with E-state index in [0.29, 0.717) is 23.3 Å². The van der Waals surface area contributed by atoms with Gasteiger partial charge in [-0.2, -0.15) is 0 Å². The predicted molar refractivity (Wildman–Crippen MR) is 81.5 cm³/mol. The number of rotatable bonds is 6. The van der Waals surface area contributed by atoms with Crippen LogP contribution in [0.4, 0.5) is 5.13 Å². The normalized spacial score (nSPS) is 14.4. The van der Waals surface area contributed by atoms with Crippen molar-refractivity contribution in [2.24, 2.45) is 0 Å². The van der Waals surface area contributed by atoms with E-state index in [4.69, 9.17) is 4.52 Å². The number of aromatic nitrogens is 3. The van der Waals surface area contributed by atoms with Crippen molar-refractivity contribution in [2.75, 3.05) is 4.90 Å². The molecule has 0 spiro atoms. The Morgan fingerprint density at radius 2 is 2.33 bits per heavy atom. The molecule has 0 bridgehead atoms. The molecule has 3 rings (SSSR count). The van der Waals surface area contributed by atoms with Gasteiger partial charge >= 0.3 is 0 Å². The summed E-state index contributed by atoms with van der Waals surface area (Å²) in [5.74, 6) is 1.61. The highest BCUT2D eigenvalue weighted by atomic mass is 32.2. The first-order valence-corrected chi connectivity index (χ1v) is 8.68. The van der Waals surface area contributed by atoms with Crippen molar-refractivity contribution in [3.05, 3.63) is 17.5 Å². The van der Waals surface area contributed by atoms with E-state index in [9.17, 15) is 4.79 Å². The Bertz CT molecular complexity index is 636. The standard InChI is InChI=1S/C13H16N4O2S2/c1-3-11(18)17(9-4-5-9)12-14-15-13(21-12)20-7-10-6-8(2)16-19-10/h6,9H,3-5,7H2,1-2H3. The number of amides is 1. The molecule has 1 aliphatic carbocycles. The third kappa shape index (κ3) is 3.44. The number of carbonyl (C=O) groups is 1. The van der Waals surface area contributed by atoms with Crippen molar-refractivity contribution >= 4 is 34.1 Å². The van der Waals surface area contributed by atoms with Gasteiger partial charge in [-0.25, -0.2) is 0 Å². The number of aryl methyl sites for hydroxylation is 1. The van der Waals surface area contributed by atoms with Crippen LogP contribution in [-0.4, -0.2) is 27.3 Å². The second-order valence-electron chi connectivity index (χ2n) is 4.92. The smallest absolute Gasteiger partial charge is 0.228 e. The summed E-state index contributed by atoms with van der Waals surface area (Å²) >= 11 is 3.01. The number of nitrogens with zero attached hydrogens (tertiary/aromatic N) is 4. The van der Waals surface area contributed by atoms with Crippen molar-refractivity contribution in [1.29, 1.82) is 0 Å². The largest absolute Gasteiger partial charge is 0.360 e. The second-order valence-corrected chi connectivity index (χ2v) is 7.10. The van der Waals surface area contributed by atoms with Gasteiger partial charge in [-0.05, 0) is 19.8 Å². The van der Waals surface area contributed by atoms with Gasteiger partial charge in [0.05, 0.1) is 11.4 Å². The molecule has 0 atom stereocenters. The molecule has 1 aliphatic rings. The average molecular weight is 324 g/mol. The summed E-state index contributed by atoms with van der Waals surface area (Å²) in [6, 6.07) is 2.23. The fraction of sp³-hybridized carbons (Fsp3) is 0.538. The number of hydrogen-bond acceptors (Lipinski definition) is 7. The SMILES string of the molecule is CCC(=O)N(c1nnc(SCc2cc(C)no2)s1)C1CC1. The quantitative estimate of drug-likeness (QED) is 0.601. The summed E-state index contributed by atoms with van der Waals surface area (Å²) in [5.41, 5.74) is 0.872. The Hall–Kier alpha value is -1.41. The molecule has 0 aliphatic heterocycles. The molecule has 21 heavy (non-hydrogen) atoms. The van der Waals surface area contributed by atoms with Gasteiger partial charge in [-0.3, -0.25) is 9.69 Å². The highest BCUT2D eigenvalue weighted by Crippen LogP contribution is 2.36. The van der Waals surface area contributed by atoms with Crippen molar-refractivity contribution in [3.8, 4) is 0 Å². The number of carbonyl (C=O) groups excluding carboxylic acids is 1. The van der Waals surface area contributed by atoms with Gasteiger partial charge in [0.25, 0.3) is 0 Å². The molecule has 6 nitrogen and oxygen atoms in total. The monoisotopic (exact) mass is 324 g/mol. The van der Waals surface area contributed by atoms with Gasteiger partial charge in [0.1, 0.15) is 5.76 Å². The Morgan fingerprint density at radius 1 is 1.52 bits per heavy atom. The van der Waals surface area contributed by atoms with Crippen LogP contribution >= 0.6 is 23.1 Å². The van der Waals surface area contributed by atoms with Crippen LogP contribution in [0, 0.1) is 6.92 Å². The van der Waals surface area contributed by atoms with Gasteiger partial charge < -0.3 is 4.52 Å². The second kappa shape index (κ2) is 6.15. The Balaban J connectivity index is 1.66. The molecule has 1 fully saturated rings. The number of thioether (sulfide) groups is 1. The van der Waals surface area contributed by atoms with Crippen LogP contribution in [0.5, 0.6) is 0 Å². The van der Waals surface area contributed by atoms with Crippen LogP contribution in [-0.2, 0) is 10.5 Å². The Morgan fingerprint density at radius 3 is 2.95 bits per heavy atom. The van der Waals surface area contributed by atoms with E-state index in [0.717, 1.165) is 28.6 Å². The van der Waals surface area contributed by atoms with E-state index in [1.807, 2.05) is 19.9 Å². The van der Waals surface area contributed by atoms with E-state index in [1.54, 1.807) is 16.7 Å². The fourth-order valence-corrected chi connectivity index (χ4v) is 3.75. The molecular formula is C13H16N4O2S2. The molecule has 2 aromatic rings. The summed E-state index contributed by atoms with van der Waals surface area (Å²) in [4.78, 5) is 13.8. The van der Waals surface area contributed by atoms with Gasteiger partial charge in [-0.1, -0.05) is 35.2 Å². The van der Waals surface area contributed by atoms with E-state index in [1.165, 1.54) is 11.3 Å². The first-order chi connectivity index (χ1) is 10.2. The molecular weight excluding hydrogens is 308 g/mol. The molecule has 1 amide bonds.